The summed E-state index contributed by atoms with van der Waals surface area (Å²) >= 11 is 0. The number of carbonyl (C=O) groups is 1. The number of urea groups is 1. The Hall–Kier alpha value is -3.01. The van der Waals surface area contributed by atoms with Crippen LogP contribution in [0.5, 0.6) is 11.5 Å². The normalized spacial score (nSPS) is 24.0. The van der Waals surface area contributed by atoms with Crippen LogP contribution < -0.4 is 20.1 Å². The molecule has 2 aromatic carbocycles. The average Bonchev–Trinajstić information content (AvgIpc) is 3.24. The van der Waals surface area contributed by atoms with Crippen LogP contribution in [0.2, 0.25) is 0 Å². The smallest absolute Gasteiger partial charge is 0.419 e. The van der Waals surface area contributed by atoms with Crippen molar-refractivity contribution >= 4 is 11.7 Å². The van der Waals surface area contributed by atoms with Crippen LogP contribution >= 0.6 is 0 Å². The van der Waals surface area contributed by atoms with Gasteiger partial charge in [-0.2, -0.15) is 13.2 Å². The Morgan fingerprint density at radius 3 is 2.46 bits per heavy atom. The van der Waals surface area contributed by atoms with E-state index in [-0.39, 0.29) is 23.2 Å². The van der Waals surface area contributed by atoms with Gasteiger partial charge in [-0.1, -0.05) is 6.07 Å². The first-order valence-corrected chi connectivity index (χ1v) is 12.4. The molecule has 1 saturated heterocycles. The SMILES string of the molecule is COc1ccc(C23CCC(NC(=O)Nc4ccc(F)c(C(F)(F)F)c4)CC2N(C(C)C)CC3)cc1OC. The van der Waals surface area contributed by atoms with Crippen LogP contribution in [-0.4, -0.2) is 49.8 Å². The minimum Gasteiger partial charge on any atom is -0.493 e. The number of anilines is 1. The molecule has 0 bridgehead atoms. The van der Waals surface area contributed by atoms with Crippen LogP contribution in [-0.2, 0) is 11.6 Å². The lowest BCUT2D eigenvalue weighted by Gasteiger charge is -2.46. The van der Waals surface area contributed by atoms with E-state index in [2.05, 4.69) is 35.4 Å². The third kappa shape index (κ3) is 5.35. The molecule has 1 heterocycles. The van der Waals surface area contributed by atoms with Gasteiger partial charge in [0.25, 0.3) is 0 Å². The summed E-state index contributed by atoms with van der Waals surface area (Å²) in [6.45, 7) is 5.23. The number of methoxy groups -OCH3 is 2. The summed E-state index contributed by atoms with van der Waals surface area (Å²) in [5.74, 6) is -0.0417. The second-order valence-electron chi connectivity index (χ2n) is 10.1. The molecule has 1 aliphatic heterocycles. The van der Waals surface area contributed by atoms with E-state index in [1.165, 1.54) is 5.56 Å². The molecule has 2 amide bonds. The standard InChI is InChI=1S/C27H33F4N3O3/c1-16(2)34-12-11-26(17-5-8-22(36-3)23(13-17)37-4)10-9-19(15-24(26)34)33-25(35)32-18-6-7-21(28)20(14-18)27(29,30)31/h5-8,13-14,16,19,24H,9-12,15H2,1-4H3,(H2,32,33,35). The molecule has 6 nitrogen and oxygen atoms in total. The summed E-state index contributed by atoms with van der Waals surface area (Å²) in [5.41, 5.74) is -0.475. The number of ether oxygens (including phenoxy) is 2. The van der Waals surface area contributed by atoms with Crippen molar-refractivity contribution in [1.82, 2.24) is 10.2 Å². The summed E-state index contributed by atoms with van der Waals surface area (Å²) in [6.07, 6.45) is -1.65. The first-order valence-electron chi connectivity index (χ1n) is 12.4. The Bertz CT molecular complexity index is 1140. The molecule has 3 unspecified atom stereocenters. The lowest BCUT2D eigenvalue weighted by Crippen LogP contribution is -2.54. The third-order valence-electron chi connectivity index (χ3n) is 7.79. The largest absolute Gasteiger partial charge is 0.493 e. The molecule has 1 aliphatic carbocycles. The van der Waals surface area contributed by atoms with Crippen LogP contribution in [0.4, 0.5) is 28.0 Å². The van der Waals surface area contributed by atoms with E-state index in [0.29, 0.717) is 42.5 Å². The molecule has 2 aliphatic rings. The van der Waals surface area contributed by atoms with Crippen molar-refractivity contribution in [3.63, 3.8) is 0 Å². The molecule has 10 heteroatoms. The number of halogens is 4. The molecule has 0 aromatic heterocycles. The summed E-state index contributed by atoms with van der Waals surface area (Å²) in [5, 5.41) is 5.36. The zero-order valence-corrected chi connectivity index (χ0v) is 21.4. The minimum absolute atomic E-state index is 0.114. The number of hydrogen-bond donors (Lipinski definition) is 2. The van der Waals surface area contributed by atoms with Gasteiger partial charge in [0, 0.05) is 29.2 Å². The Labute approximate surface area is 214 Å². The van der Waals surface area contributed by atoms with Gasteiger partial charge in [0.05, 0.1) is 19.8 Å². The third-order valence-corrected chi connectivity index (χ3v) is 7.79. The molecule has 4 rings (SSSR count). The number of alkyl halides is 3. The molecule has 3 atom stereocenters. The van der Waals surface area contributed by atoms with E-state index in [0.717, 1.165) is 25.5 Å². The molecule has 2 fully saturated rings. The highest BCUT2D eigenvalue weighted by atomic mass is 19.4. The first-order chi connectivity index (χ1) is 17.5. The predicted molar refractivity (Wildman–Crippen MR) is 133 cm³/mol. The quantitative estimate of drug-likeness (QED) is 0.459. The van der Waals surface area contributed by atoms with E-state index in [9.17, 15) is 22.4 Å². The highest BCUT2D eigenvalue weighted by Crippen LogP contribution is 2.51. The number of fused-ring (bicyclic) bond motifs is 1. The predicted octanol–water partition coefficient (Wildman–Crippen LogP) is 5.96. The summed E-state index contributed by atoms with van der Waals surface area (Å²) in [6, 6.07) is 8.17. The zero-order chi connectivity index (χ0) is 27.0. The van der Waals surface area contributed by atoms with Crippen LogP contribution in [0.3, 0.4) is 0 Å². The van der Waals surface area contributed by atoms with E-state index < -0.39 is 23.6 Å². The van der Waals surface area contributed by atoms with Crippen LogP contribution in [0, 0.1) is 5.82 Å². The van der Waals surface area contributed by atoms with E-state index in [1.54, 1.807) is 14.2 Å². The Kier molecular flexibility index (Phi) is 7.60. The van der Waals surface area contributed by atoms with Gasteiger partial charge in [0.1, 0.15) is 5.82 Å². The maximum atomic E-state index is 13.6. The fourth-order valence-corrected chi connectivity index (χ4v) is 5.99. The van der Waals surface area contributed by atoms with Crippen LogP contribution in [0.25, 0.3) is 0 Å². The van der Waals surface area contributed by atoms with Gasteiger partial charge >= 0.3 is 12.2 Å². The van der Waals surface area contributed by atoms with Gasteiger partial charge in [-0.05, 0) is 82.0 Å². The highest BCUT2D eigenvalue weighted by molar-refractivity contribution is 5.89. The van der Waals surface area contributed by atoms with Gasteiger partial charge < -0.3 is 20.1 Å². The second-order valence-corrected chi connectivity index (χ2v) is 10.1. The van der Waals surface area contributed by atoms with E-state index in [4.69, 9.17) is 9.47 Å². The van der Waals surface area contributed by atoms with Gasteiger partial charge in [0.15, 0.2) is 11.5 Å². The molecule has 0 radical (unpaired) electrons. The maximum absolute atomic E-state index is 13.6. The monoisotopic (exact) mass is 523 g/mol. The first kappa shape index (κ1) is 27.0. The van der Waals surface area contributed by atoms with Crippen molar-refractivity contribution in [1.29, 1.82) is 0 Å². The number of nitrogens with zero attached hydrogens (tertiary/aromatic N) is 1. The number of rotatable bonds is 6. The summed E-state index contributed by atoms with van der Waals surface area (Å²) in [4.78, 5) is 15.2. The number of carbonyl (C=O) groups excluding carboxylic acids is 1. The Morgan fingerprint density at radius 2 is 1.81 bits per heavy atom. The van der Waals surface area contributed by atoms with Gasteiger partial charge in [-0.3, -0.25) is 4.90 Å². The number of likely N-dealkylation sites (tertiary alicyclic amines) is 1. The van der Waals surface area contributed by atoms with E-state index >= 15 is 0 Å². The molecular formula is C27H33F4N3O3. The fourth-order valence-electron chi connectivity index (χ4n) is 5.99. The molecule has 202 valence electrons. The molecule has 2 N–H and O–H groups in total. The minimum atomic E-state index is -4.85. The number of benzene rings is 2. The summed E-state index contributed by atoms with van der Waals surface area (Å²) < 4.78 is 63.7. The van der Waals surface area contributed by atoms with Crippen molar-refractivity contribution in [3.05, 3.63) is 53.3 Å². The van der Waals surface area contributed by atoms with Crippen molar-refractivity contribution < 1.29 is 31.8 Å². The highest BCUT2D eigenvalue weighted by Gasteiger charge is 2.52. The van der Waals surface area contributed by atoms with Crippen LogP contribution in [0.15, 0.2) is 36.4 Å². The summed E-state index contributed by atoms with van der Waals surface area (Å²) in [7, 11) is 3.22. The van der Waals surface area contributed by atoms with Crippen molar-refractivity contribution in [2.75, 3.05) is 26.1 Å². The molecule has 1 saturated carbocycles. The zero-order valence-electron chi connectivity index (χ0n) is 21.4. The lowest BCUT2D eigenvalue weighted by molar-refractivity contribution is -0.139. The molecule has 0 spiro atoms. The average molecular weight is 524 g/mol. The topological polar surface area (TPSA) is 62.8 Å². The van der Waals surface area contributed by atoms with Crippen molar-refractivity contribution in [2.45, 2.75) is 69.2 Å². The fraction of sp³-hybridized carbons (Fsp3) is 0.519. The maximum Gasteiger partial charge on any atom is 0.419 e. The van der Waals surface area contributed by atoms with Gasteiger partial charge in [-0.25, -0.2) is 9.18 Å². The molecular weight excluding hydrogens is 490 g/mol. The second kappa shape index (κ2) is 10.4. The van der Waals surface area contributed by atoms with E-state index in [1.807, 2.05) is 12.1 Å². The molecule has 37 heavy (non-hydrogen) atoms. The Balaban J connectivity index is 1.52. The van der Waals surface area contributed by atoms with Gasteiger partial charge in [0.2, 0.25) is 0 Å². The number of amides is 2. The van der Waals surface area contributed by atoms with Crippen LogP contribution in [0.1, 0.15) is 50.7 Å². The molecule has 2 aromatic rings. The Morgan fingerprint density at radius 1 is 1.08 bits per heavy atom. The van der Waals surface area contributed by atoms with Crippen molar-refractivity contribution in [2.24, 2.45) is 0 Å². The van der Waals surface area contributed by atoms with Crippen molar-refractivity contribution in [3.8, 4) is 11.5 Å². The lowest BCUT2D eigenvalue weighted by atomic mass is 9.65. The van der Waals surface area contributed by atoms with Gasteiger partial charge in [-0.15, -0.1) is 0 Å². The number of nitrogens with one attached hydrogen (secondary N) is 2. The number of hydrogen-bond acceptors (Lipinski definition) is 4.